The Hall–Kier alpha value is -2.08. The van der Waals surface area contributed by atoms with Crippen LogP contribution in [0.5, 0.6) is 0 Å². The molecule has 0 unspecified atom stereocenters. The van der Waals surface area contributed by atoms with Crippen molar-refractivity contribution < 1.29 is 13.2 Å². The van der Waals surface area contributed by atoms with Gasteiger partial charge in [0.1, 0.15) is 4.88 Å². The van der Waals surface area contributed by atoms with Gasteiger partial charge in [0.2, 0.25) is 0 Å². The highest BCUT2D eigenvalue weighted by Gasteiger charge is 2.35. The third-order valence-corrected chi connectivity index (χ3v) is 3.93. The average molecular weight is 294 g/mol. The molecule has 6 heteroatoms. The second kappa shape index (κ2) is 4.49. The van der Waals surface area contributed by atoms with Gasteiger partial charge >= 0.3 is 6.18 Å². The summed E-state index contributed by atoms with van der Waals surface area (Å²) in [4.78, 5) is 6.66. The molecule has 0 aliphatic heterocycles. The van der Waals surface area contributed by atoms with Gasteiger partial charge in [-0.1, -0.05) is 6.58 Å². The van der Waals surface area contributed by atoms with Gasteiger partial charge < -0.3 is 4.98 Å². The quantitative estimate of drug-likeness (QED) is 0.711. The Morgan fingerprint density at radius 2 is 2.00 bits per heavy atom. The first-order valence-corrected chi connectivity index (χ1v) is 6.64. The summed E-state index contributed by atoms with van der Waals surface area (Å²) >= 11 is 0.686. The minimum atomic E-state index is -4.36. The van der Waals surface area contributed by atoms with Crippen LogP contribution in [-0.4, -0.2) is 9.97 Å². The molecule has 1 N–H and O–H groups in total. The molecular formula is C14H9F3N2S. The number of H-pyrrole nitrogens is 1. The molecule has 0 bridgehead atoms. The van der Waals surface area contributed by atoms with Crippen molar-refractivity contribution in [2.75, 3.05) is 0 Å². The predicted molar refractivity (Wildman–Crippen MR) is 74.5 cm³/mol. The monoisotopic (exact) mass is 294 g/mol. The lowest BCUT2D eigenvalue weighted by molar-refractivity contribution is -0.133. The van der Waals surface area contributed by atoms with Gasteiger partial charge in [-0.05, 0) is 29.7 Å². The van der Waals surface area contributed by atoms with Gasteiger partial charge in [-0.2, -0.15) is 13.2 Å². The van der Waals surface area contributed by atoms with Crippen LogP contribution < -0.4 is 0 Å². The lowest BCUT2D eigenvalue weighted by Crippen LogP contribution is -2.03. The van der Waals surface area contributed by atoms with Crippen molar-refractivity contribution in [1.29, 1.82) is 0 Å². The van der Waals surface area contributed by atoms with E-state index in [0.29, 0.717) is 33.6 Å². The third-order valence-electron chi connectivity index (χ3n) is 2.97. The highest BCUT2D eigenvalue weighted by molar-refractivity contribution is 7.10. The van der Waals surface area contributed by atoms with Crippen molar-refractivity contribution in [3.8, 4) is 11.1 Å². The summed E-state index contributed by atoms with van der Waals surface area (Å²) in [6.07, 6.45) is -1.24. The maximum Gasteiger partial charge on any atom is 0.426 e. The number of hydrogen-bond acceptors (Lipinski definition) is 2. The highest BCUT2D eigenvalue weighted by atomic mass is 32.1. The van der Waals surface area contributed by atoms with Gasteiger partial charge in [-0.15, -0.1) is 11.3 Å². The molecule has 0 spiro atoms. The molecule has 0 amide bonds. The fourth-order valence-electron chi connectivity index (χ4n) is 2.07. The second-order valence-electron chi connectivity index (χ2n) is 4.20. The van der Waals surface area contributed by atoms with E-state index < -0.39 is 11.1 Å². The van der Waals surface area contributed by atoms with Crippen LogP contribution in [0.2, 0.25) is 0 Å². The lowest BCUT2D eigenvalue weighted by Gasteiger charge is -2.06. The first-order valence-electron chi connectivity index (χ1n) is 5.76. The largest absolute Gasteiger partial charge is 0.426 e. The van der Waals surface area contributed by atoms with E-state index in [-0.39, 0.29) is 5.56 Å². The number of aromatic nitrogens is 2. The van der Waals surface area contributed by atoms with Gasteiger partial charge in [-0.3, -0.25) is 0 Å². The number of thiophene rings is 1. The topological polar surface area (TPSA) is 28.7 Å². The highest BCUT2D eigenvalue weighted by Crippen LogP contribution is 2.42. The molecule has 0 saturated heterocycles. The lowest BCUT2D eigenvalue weighted by atomic mass is 10.1. The van der Waals surface area contributed by atoms with Crippen molar-refractivity contribution in [3.05, 3.63) is 46.9 Å². The molecule has 102 valence electrons. The molecule has 3 aromatic heterocycles. The van der Waals surface area contributed by atoms with Crippen LogP contribution in [0.15, 0.2) is 36.4 Å². The van der Waals surface area contributed by atoms with Crippen LogP contribution in [0.4, 0.5) is 13.2 Å². The molecule has 3 rings (SSSR count). The maximum absolute atomic E-state index is 13.0. The molecule has 0 atom stereocenters. The molecule has 0 aliphatic carbocycles. The molecule has 0 aliphatic rings. The minimum absolute atomic E-state index is 0.155. The Kier molecular flexibility index (Phi) is 2.90. The predicted octanol–water partition coefficient (Wildman–Crippen LogP) is 4.95. The summed E-state index contributed by atoms with van der Waals surface area (Å²) in [5, 5.41) is 1.44. The van der Waals surface area contributed by atoms with E-state index in [1.165, 1.54) is 11.4 Å². The normalized spacial score (nSPS) is 11.9. The van der Waals surface area contributed by atoms with E-state index in [4.69, 9.17) is 0 Å². The summed E-state index contributed by atoms with van der Waals surface area (Å²) in [6.45, 7) is 3.62. The standard InChI is InChI=1S/C14H9F3N2S/c1-2-8-3-4-11-12(19-8)10(7-18-11)9-5-6-20-13(9)14(15,16)17/h2-7,18H,1H2. The number of nitrogens with zero attached hydrogens (tertiary/aromatic N) is 1. The SMILES string of the molecule is C=Cc1ccc2[nH]cc(-c3ccsc3C(F)(F)F)c2n1. The average Bonchev–Trinajstić information content (AvgIpc) is 3.02. The Morgan fingerprint density at radius 1 is 1.20 bits per heavy atom. The van der Waals surface area contributed by atoms with Crippen LogP contribution in [-0.2, 0) is 6.18 Å². The summed E-state index contributed by atoms with van der Waals surface area (Å²) in [7, 11) is 0. The number of nitrogens with one attached hydrogen (secondary N) is 1. The van der Waals surface area contributed by atoms with Crippen molar-refractivity contribution >= 4 is 28.4 Å². The van der Waals surface area contributed by atoms with E-state index in [1.54, 1.807) is 24.4 Å². The molecule has 0 saturated carbocycles. The van der Waals surface area contributed by atoms with Gasteiger partial charge in [0.15, 0.2) is 0 Å². The summed E-state index contributed by atoms with van der Waals surface area (Å²) < 4.78 is 38.9. The molecule has 2 nitrogen and oxygen atoms in total. The maximum atomic E-state index is 13.0. The molecule has 0 aromatic carbocycles. The summed E-state index contributed by atoms with van der Waals surface area (Å²) in [6, 6.07) is 5.01. The minimum Gasteiger partial charge on any atom is -0.359 e. The molecule has 20 heavy (non-hydrogen) atoms. The number of hydrogen-bond donors (Lipinski definition) is 1. The fraction of sp³-hybridized carbons (Fsp3) is 0.0714. The van der Waals surface area contributed by atoms with E-state index in [1.807, 2.05) is 0 Å². The van der Waals surface area contributed by atoms with Crippen LogP contribution in [0.25, 0.3) is 28.2 Å². The van der Waals surface area contributed by atoms with E-state index in [2.05, 4.69) is 16.5 Å². The van der Waals surface area contributed by atoms with Gasteiger partial charge in [-0.25, -0.2) is 4.98 Å². The summed E-state index contributed by atoms with van der Waals surface area (Å²) in [5.41, 5.74) is 2.46. The zero-order valence-electron chi connectivity index (χ0n) is 10.2. The van der Waals surface area contributed by atoms with Gasteiger partial charge in [0.25, 0.3) is 0 Å². The van der Waals surface area contributed by atoms with Crippen molar-refractivity contribution in [2.24, 2.45) is 0 Å². The molecule has 0 fully saturated rings. The molecular weight excluding hydrogens is 285 g/mol. The smallest absolute Gasteiger partial charge is 0.359 e. The second-order valence-corrected chi connectivity index (χ2v) is 5.12. The Bertz CT molecular complexity index is 783. The first kappa shape index (κ1) is 12.9. The third kappa shape index (κ3) is 2.02. The number of rotatable bonds is 2. The Morgan fingerprint density at radius 3 is 2.70 bits per heavy atom. The van der Waals surface area contributed by atoms with E-state index in [0.717, 1.165) is 0 Å². The number of halogens is 3. The van der Waals surface area contributed by atoms with Crippen LogP contribution in [0, 0.1) is 0 Å². The van der Waals surface area contributed by atoms with Gasteiger partial charge in [0, 0.05) is 17.3 Å². The molecule has 3 heterocycles. The number of aromatic amines is 1. The number of fused-ring (bicyclic) bond motifs is 1. The molecule has 0 radical (unpaired) electrons. The van der Waals surface area contributed by atoms with E-state index in [9.17, 15) is 13.2 Å². The fourth-order valence-corrected chi connectivity index (χ4v) is 2.85. The zero-order chi connectivity index (χ0) is 14.3. The van der Waals surface area contributed by atoms with Crippen molar-refractivity contribution in [2.45, 2.75) is 6.18 Å². The van der Waals surface area contributed by atoms with Crippen molar-refractivity contribution in [1.82, 2.24) is 9.97 Å². The zero-order valence-corrected chi connectivity index (χ0v) is 11.0. The van der Waals surface area contributed by atoms with Crippen LogP contribution in [0.1, 0.15) is 10.6 Å². The van der Waals surface area contributed by atoms with Crippen LogP contribution in [0.3, 0.4) is 0 Å². The van der Waals surface area contributed by atoms with Crippen LogP contribution >= 0.6 is 11.3 Å². The first-order chi connectivity index (χ1) is 9.50. The summed E-state index contributed by atoms with van der Waals surface area (Å²) in [5.74, 6) is 0. The molecule has 3 aromatic rings. The number of alkyl halides is 3. The number of pyridine rings is 1. The van der Waals surface area contributed by atoms with Crippen molar-refractivity contribution in [3.63, 3.8) is 0 Å². The Labute approximate surface area is 116 Å². The van der Waals surface area contributed by atoms with E-state index >= 15 is 0 Å². The Balaban J connectivity index is 2.25. The van der Waals surface area contributed by atoms with Gasteiger partial charge in [0.05, 0.1) is 16.7 Å².